The lowest BCUT2D eigenvalue weighted by molar-refractivity contribution is 0.481. The molecule has 0 aliphatic rings. The second kappa shape index (κ2) is 9.26. The maximum atomic E-state index is 3.96. The van der Waals surface area contributed by atoms with Crippen LogP contribution >= 0.6 is 0 Å². The molecule has 84 valence electrons. The van der Waals surface area contributed by atoms with Gasteiger partial charge in [-0.2, -0.15) is 0 Å². The molecule has 1 N–H and O–H groups in total. The van der Waals surface area contributed by atoms with Crippen molar-refractivity contribution in [1.29, 1.82) is 0 Å². The van der Waals surface area contributed by atoms with Gasteiger partial charge in [0.15, 0.2) is 0 Å². The topological polar surface area (TPSA) is 12.0 Å². The highest BCUT2D eigenvalue weighted by Crippen LogP contribution is 2.11. The third-order valence-corrected chi connectivity index (χ3v) is 2.66. The molecule has 0 rings (SSSR count). The van der Waals surface area contributed by atoms with E-state index in [1.165, 1.54) is 44.1 Å². The Kier molecular flexibility index (Phi) is 9.06. The summed E-state index contributed by atoms with van der Waals surface area (Å²) in [6.07, 6.45) is 9.31. The Bertz CT molecular complexity index is 140. The Morgan fingerprint density at radius 3 is 2.36 bits per heavy atom. The van der Waals surface area contributed by atoms with E-state index in [-0.39, 0.29) is 0 Å². The Hall–Kier alpha value is -0.300. The second-order valence-corrected chi connectivity index (χ2v) is 4.35. The van der Waals surface area contributed by atoms with Crippen molar-refractivity contribution >= 4 is 0 Å². The van der Waals surface area contributed by atoms with Crippen molar-refractivity contribution in [3.05, 3.63) is 12.2 Å². The van der Waals surface area contributed by atoms with E-state index in [0.717, 1.165) is 6.42 Å². The number of rotatable bonds is 9. The van der Waals surface area contributed by atoms with Crippen molar-refractivity contribution in [3.8, 4) is 0 Å². The van der Waals surface area contributed by atoms with Crippen molar-refractivity contribution in [2.45, 2.75) is 64.8 Å². The summed E-state index contributed by atoms with van der Waals surface area (Å²) >= 11 is 0. The molecule has 0 aromatic carbocycles. The zero-order valence-corrected chi connectivity index (χ0v) is 10.2. The molecular formula is C13H27N. The average Bonchev–Trinajstić information content (AvgIpc) is 2.15. The molecule has 14 heavy (non-hydrogen) atoms. The highest BCUT2D eigenvalue weighted by molar-refractivity contribution is 4.92. The first-order chi connectivity index (χ1) is 6.70. The van der Waals surface area contributed by atoms with Gasteiger partial charge in [0.1, 0.15) is 0 Å². The summed E-state index contributed by atoms with van der Waals surface area (Å²) in [5.41, 5.74) is 1.29. The second-order valence-electron chi connectivity index (χ2n) is 4.35. The summed E-state index contributed by atoms with van der Waals surface area (Å²) in [4.78, 5) is 0. The Balaban J connectivity index is 3.38. The highest BCUT2D eigenvalue weighted by Gasteiger charge is 2.04. The summed E-state index contributed by atoms with van der Waals surface area (Å²) in [6, 6.07) is 0.647. The molecule has 0 spiro atoms. The van der Waals surface area contributed by atoms with E-state index in [2.05, 4.69) is 32.8 Å². The quantitative estimate of drug-likeness (QED) is 0.436. The first-order valence-corrected chi connectivity index (χ1v) is 6.02. The summed E-state index contributed by atoms with van der Waals surface area (Å²) in [5.74, 6) is 0. The number of hydrogen-bond acceptors (Lipinski definition) is 1. The van der Waals surface area contributed by atoms with Gasteiger partial charge in [0.2, 0.25) is 0 Å². The molecule has 0 aliphatic heterocycles. The van der Waals surface area contributed by atoms with Crippen LogP contribution in [0.1, 0.15) is 58.8 Å². The third kappa shape index (κ3) is 8.31. The maximum absolute atomic E-state index is 3.96. The molecule has 0 saturated heterocycles. The lowest BCUT2D eigenvalue weighted by Crippen LogP contribution is -2.25. The van der Waals surface area contributed by atoms with Crippen LogP contribution < -0.4 is 5.32 Å². The minimum absolute atomic E-state index is 0.647. The smallest absolute Gasteiger partial charge is 0.0101 e. The van der Waals surface area contributed by atoms with Crippen molar-refractivity contribution < 1.29 is 0 Å². The van der Waals surface area contributed by atoms with Crippen LogP contribution in [0.2, 0.25) is 0 Å². The molecule has 0 aliphatic carbocycles. The predicted molar refractivity (Wildman–Crippen MR) is 65.7 cm³/mol. The Morgan fingerprint density at radius 1 is 1.21 bits per heavy atom. The van der Waals surface area contributed by atoms with Crippen molar-refractivity contribution in [3.63, 3.8) is 0 Å². The fraction of sp³-hybridized carbons (Fsp3) is 0.846. The molecule has 0 fully saturated rings. The minimum Gasteiger partial charge on any atom is -0.317 e. The van der Waals surface area contributed by atoms with Gasteiger partial charge in [-0.05, 0) is 26.8 Å². The molecular weight excluding hydrogens is 170 g/mol. The molecule has 0 saturated carbocycles. The standard InChI is InChI=1S/C13H27N/c1-5-6-7-8-9-10-13(14-4)11-12(2)3/h13-14H,2,5-11H2,1,3-4H3. The number of nitrogens with one attached hydrogen (secondary N) is 1. The van der Waals surface area contributed by atoms with E-state index in [1.807, 2.05) is 0 Å². The molecule has 0 amide bonds. The lowest BCUT2D eigenvalue weighted by atomic mass is 10.0. The summed E-state index contributed by atoms with van der Waals surface area (Å²) in [7, 11) is 2.06. The molecule has 0 heterocycles. The van der Waals surface area contributed by atoms with Gasteiger partial charge in [0.25, 0.3) is 0 Å². The monoisotopic (exact) mass is 197 g/mol. The van der Waals surface area contributed by atoms with E-state index >= 15 is 0 Å². The van der Waals surface area contributed by atoms with E-state index in [9.17, 15) is 0 Å². The summed E-state index contributed by atoms with van der Waals surface area (Å²) in [6.45, 7) is 8.33. The van der Waals surface area contributed by atoms with Crippen LogP contribution in [0.25, 0.3) is 0 Å². The maximum Gasteiger partial charge on any atom is 0.0101 e. The molecule has 0 radical (unpaired) electrons. The van der Waals surface area contributed by atoms with Crippen molar-refractivity contribution in [1.82, 2.24) is 5.32 Å². The van der Waals surface area contributed by atoms with Gasteiger partial charge in [-0.1, -0.05) is 44.6 Å². The summed E-state index contributed by atoms with van der Waals surface area (Å²) in [5, 5.41) is 3.36. The zero-order chi connectivity index (χ0) is 10.8. The number of unbranched alkanes of at least 4 members (excludes halogenated alkanes) is 4. The molecule has 1 heteroatoms. The van der Waals surface area contributed by atoms with Crippen LogP contribution in [0, 0.1) is 0 Å². The minimum atomic E-state index is 0.647. The first-order valence-electron chi connectivity index (χ1n) is 6.02. The van der Waals surface area contributed by atoms with E-state index < -0.39 is 0 Å². The summed E-state index contributed by atoms with van der Waals surface area (Å²) < 4.78 is 0. The normalized spacial score (nSPS) is 12.8. The molecule has 0 bridgehead atoms. The van der Waals surface area contributed by atoms with Crippen LogP contribution in [0.15, 0.2) is 12.2 Å². The Morgan fingerprint density at radius 2 is 1.86 bits per heavy atom. The van der Waals surface area contributed by atoms with Gasteiger partial charge in [-0.3, -0.25) is 0 Å². The van der Waals surface area contributed by atoms with Gasteiger partial charge in [-0.15, -0.1) is 6.58 Å². The molecule has 0 aromatic rings. The largest absolute Gasteiger partial charge is 0.317 e. The van der Waals surface area contributed by atoms with E-state index in [4.69, 9.17) is 0 Å². The van der Waals surface area contributed by atoms with Crippen molar-refractivity contribution in [2.24, 2.45) is 0 Å². The molecule has 1 unspecified atom stereocenters. The van der Waals surface area contributed by atoms with Crippen LogP contribution in [-0.2, 0) is 0 Å². The van der Waals surface area contributed by atoms with Crippen LogP contribution in [0.5, 0.6) is 0 Å². The highest BCUT2D eigenvalue weighted by atomic mass is 14.9. The fourth-order valence-corrected chi connectivity index (χ4v) is 1.76. The Labute approximate surface area is 90.0 Å². The van der Waals surface area contributed by atoms with Crippen LogP contribution in [0.3, 0.4) is 0 Å². The predicted octanol–water partition coefficient (Wildman–Crippen LogP) is 3.90. The lowest BCUT2D eigenvalue weighted by Gasteiger charge is -2.15. The zero-order valence-electron chi connectivity index (χ0n) is 10.2. The van der Waals surface area contributed by atoms with Crippen LogP contribution in [-0.4, -0.2) is 13.1 Å². The SMILES string of the molecule is C=C(C)CC(CCCCCCC)NC. The average molecular weight is 197 g/mol. The van der Waals surface area contributed by atoms with Crippen LogP contribution in [0.4, 0.5) is 0 Å². The van der Waals surface area contributed by atoms with Gasteiger partial charge in [0.05, 0.1) is 0 Å². The van der Waals surface area contributed by atoms with E-state index in [0.29, 0.717) is 6.04 Å². The number of hydrogen-bond donors (Lipinski definition) is 1. The van der Waals surface area contributed by atoms with Gasteiger partial charge in [-0.25, -0.2) is 0 Å². The molecule has 1 atom stereocenters. The molecule has 1 nitrogen and oxygen atoms in total. The van der Waals surface area contributed by atoms with Gasteiger partial charge in [0, 0.05) is 6.04 Å². The fourth-order valence-electron chi connectivity index (χ4n) is 1.76. The van der Waals surface area contributed by atoms with Gasteiger partial charge >= 0.3 is 0 Å². The first kappa shape index (κ1) is 13.7. The third-order valence-electron chi connectivity index (χ3n) is 2.66. The van der Waals surface area contributed by atoms with Gasteiger partial charge < -0.3 is 5.32 Å². The van der Waals surface area contributed by atoms with Crippen molar-refractivity contribution in [2.75, 3.05) is 7.05 Å². The van der Waals surface area contributed by atoms with E-state index in [1.54, 1.807) is 0 Å². The molecule has 0 aromatic heterocycles.